The Kier molecular flexibility index (Phi) is 6.51. The highest BCUT2D eigenvalue weighted by atomic mass is 28.3. The highest BCUT2D eigenvalue weighted by molar-refractivity contribution is 6.83. The summed E-state index contributed by atoms with van der Waals surface area (Å²) in [6, 6.07) is 0. The van der Waals surface area contributed by atoms with Gasteiger partial charge in [0.15, 0.2) is 0 Å². The molecule has 4 heteroatoms. The van der Waals surface area contributed by atoms with Crippen LogP contribution in [0.4, 0.5) is 0 Å². The Hall–Kier alpha value is -0.793. The van der Waals surface area contributed by atoms with Gasteiger partial charge in [0, 0.05) is 6.42 Å². The van der Waals surface area contributed by atoms with Crippen LogP contribution in [-0.2, 0) is 14.3 Å². The first-order valence-corrected chi connectivity index (χ1v) is 9.40. The SMILES string of the molecule is CC(C)(C)OC(=O)COCCC#C[Si](C)(C)C. The number of ether oxygens (including phenoxy) is 2. The van der Waals surface area contributed by atoms with Crippen LogP contribution < -0.4 is 0 Å². The summed E-state index contributed by atoms with van der Waals surface area (Å²) in [5, 5.41) is 0. The second-order valence-corrected chi connectivity index (χ2v) is 10.7. The number of carbonyl (C=O) groups excluding carboxylic acids is 1. The molecule has 0 aliphatic rings. The normalized spacial score (nSPS) is 11.6. The van der Waals surface area contributed by atoms with Crippen molar-refractivity contribution in [2.24, 2.45) is 0 Å². The molecule has 98 valence electrons. The van der Waals surface area contributed by atoms with Crippen molar-refractivity contribution in [3.05, 3.63) is 0 Å². The molecule has 0 aromatic rings. The molecule has 0 bridgehead atoms. The molecule has 0 spiro atoms. The Morgan fingerprint density at radius 3 is 2.29 bits per heavy atom. The molecule has 0 saturated heterocycles. The van der Waals surface area contributed by atoms with Crippen molar-refractivity contribution in [2.45, 2.75) is 52.4 Å². The van der Waals surface area contributed by atoms with Crippen LogP contribution >= 0.6 is 0 Å². The van der Waals surface area contributed by atoms with Gasteiger partial charge < -0.3 is 9.47 Å². The van der Waals surface area contributed by atoms with Crippen LogP contribution in [0.3, 0.4) is 0 Å². The molecule has 0 rings (SSSR count). The number of hydrogen-bond donors (Lipinski definition) is 0. The van der Waals surface area contributed by atoms with E-state index in [2.05, 4.69) is 31.1 Å². The maximum Gasteiger partial charge on any atom is 0.332 e. The van der Waals surface area contributed by atoms with E-state index in [1.807, 2.05) is 20.8 Å². The van der Waals surface area contributed by atoms with E-state index in [1.54, 1.807) is 0 Å². The molecule has 0 aliphatic carbocycles. The lowest BCUT2D eigenvalue weighted by Gasteiger charge is -2.19. The summed E-state index contributed by atoms with van der Waals surface area (Å²) >= 11 is 0. The van der Waals surface area contributed by atoms with Gasteiger partial charge in [0.05, 0.1) is 6.61 Å². The summed E-state index contributed by atoms with van der Waals surface area (Å²) in [6.07, 6.45) is 0.674. The average molecular weight is 256 g/mol. The molecule has 0 aliphatic heterocycles. The topological polar surface area (TPSA) is 35.5 Å². The zero-order valence-electron chi connectivity index (χ0n) is 11.8. The Labute approximate surface area is 106 Å². The Bertz CT molecular complexity index is 299. The molecule has 0 amide bonds. The monoisotopic (exact) mass is 256 g/mol. The molecule has 0 unspecified atom stereocenters. The fraction of sp³-hybridized carbons (Fsp3) is 0.769. The van der Waals surface area contributed by atoms with E-state index >= 15 is 0 Å². The second kappa shape index (κ2) is 6.82. The molecule has 0 fully saturated rings. The van der Waals surface area contributed by atoms with Crippen molar-refractivity contribution < 1.29 is 14.3 Å². The van der Waals surface area contributed by atoms with E-state index in [0.29, 0.717) is 13.0 Å². The third-order valence-corrected chi connectivity index (χ3v) is 2.40. The van der Waals surface area contributed by atoms with Crippen LogP contribution in [0, 0.1) is 11.5 Å². The second-order valence-electron chi connectivity index (χ2n) is 5.94. The van der Waals surface area contributed by atoms with E-state index in [0.717, 1.165) is 0 Å². The molecule has 0 aromatic heterocycles. The smallest absolute Gasteiger partial charge is 0.332 e. The van der Waals surface area contributed by atoms with Gasteiger partial charge in [-0.1, -0.05) is 19.6 Å². The molecular formula is C13H24O3Si. The minimum Gasteiger partial charge on any atom is -0.458 e. The highest BCUT2D eigenvalue weighted by Gasteiger charge is 2.15. The molecule has 0 radical (unpaired) electrons. The Morgan fingerprint density at radius 2 is 1.82 bits per heavy atom. The van der Waals surface area contributed by atoms with Crippen LogP contribution in [0.25, 0.3) is 0 Å². The number of carbonyl (C=O) groups is 1. The van der Waals surface area contributed by atoms with Crippen molar-refractivity contribution in [3.63, 3.8) is 0 Å². The average Bonchev–Trinajstić information content (AvgIpc) is 2.06. The Balaban J connectivity index is 3.65. The molecule has 0 aromatic carbocycles. The summed E-state index contributed by atoms with van der Waals surface area (Å²) in [4.78, 5) is 11.3. The maximum absolute atomic E-state index is 11.3. The quantitative estimate of drug-likeness (QED) is 0.336. The molecule has 17 heavy (non-hydrogen) atoms. The first-order valence-electron chi connectivity index (χ1n) is 5.90. The van der Waals surface area contributed by atoms with Crippen molar-refractivity contribution >= 4 is 14.0 Å². The first-order chi connectivity index (χ1) is 7.60. The van der Waals surface area contributed by atoms with Gasteiger partial charge in [0.2, 0.25) is 0 Å². The molecule has 0 saturated carbocycles. The number of hydrogen-bond acceptors (Lipinski definition) is 3. The highest BCUT2D eigenvalue weighted by Crippen LogP contribution is 2.06. The van der Waals surface area contributed by atoms with Gasteiger partial charge in [0.1, 0.15) is 20.3 Å². The van der Waals surface area contributed by atoms with Crippen molar-refractivity contribution in [2.75, 3.05) is 13.2 Å². The minimum atomic E-state index is -1.28. The summed E-state index contributed by atoms with van der Waals surface area (Å²) in [7, 11) is -1.28. The van der Waals surface area contributed by atoms with E-state index in [9.17, 15) is 4.79 Å². The fourth-order valence-corrected chi connectivity index (χ4v) is 1.63. The molecule has 0 N–H and O–H groups in total. The van der Waals surface area contributed by atoms with Crippen molar-refractivity contribution in [1.29, 1.82) is 0 Å². The van der Waals surface area contributed by atoms with Gasteiger partial charge in [-0.25, -0.2) is 4.79 Å². The predicted octanol–water partition coefficient (Wildman–Crippen LogP) is 2.62. The van der Waals surface area contributed by atoms with Crippen molar-refractivity contribution in [1.82, 2.24) is 0 Å². The lowest BCUT2D eigenvalue weighted by atomic mass is 10.2. The summed E-state index contributed by atoms with van der Waals surface area (Å²) in [6.45, 7) is 12.6. The number of rotatable bonds is 4. The summed E-state index contributed by atoms with van der Waals surface area (Å²) in [5.41, 5.74) is 2.79. The van der Waals surface area contributed by atoms with Crippen LogP contribution in [0.1, 0.15) is 27.2 Å². The van der Waals surface area contributed by atoms with E-state index in [1.165, 1.54) is 0 Å². The third-order valence-electron chi connectivity index (χ3n) is 1.47. The third kappa shape index (κ3) is 13.1. The Morgan fingerprint density at radius 1 is 1.24 bits per heavy atom. The van der Waals surface area contributed by atoms with Gasteiger partial charge in [-0.2, -0.15) is 0 Å². The van der Waals surface area contributed by atoms with Gasteiger partial charge >= 0.3 is 5.97 Å². The zero-order chi connectivity index (χ0) is 13.5. The minimum absolute atomic E-state index is 0.00585. The van der Waals surface area contributed by atoms with E-state index in [4.69, 9.17) is 9.47 Å². The molecular weight excluding hydrogens is 232 g/mol. The lowest BCUT2D eigenvalue weighted by Crippen LogP contribution is -2.26. The van der Waals surface area contributed by atoms with Gasteiger partial charge in [0.25, 0.3) is 0 Å². The van der Waals surface area contributed by atoms with Crippen molar-refractivity contribution in [3.8, 4) is 11.5 Å². The molecule has 0 atom stereocenters. The van der Waals surface area contributed by atoms with Crippen LogP contribution in [0.15, 0.2) is 0 Å². The van der Waals surface area contributed by atoms with Gasteiger partial charge in [-0.15, -0.1) is 11.5 Å². The summed E-state index contributed by atoms with van der Waals surface area (Å²) < 4.78 is 10.3. The fourth-order valence-electron chi connectivity index (χ4n) is 0.977. The number of esters is 1. The van der Waals surface area contributed by atoms with E-state index in [-0.39, 0.29) is 12.6 Å². The lowest BCUT2D eigenvalue weighted by molar-refractivity contribution is -0.160. The van der Waals surface area contributed by atoms with Crippen LogP contribution in [0.2, 0.25) is 19.6 Å². The zero-order valence-corrected chi connectivity index (χ0v) is 12.8. The first kappa shape index (κ1) is 16.2. The van der Waals surface area contributed by atoms with Gasteiger partial charge in [-0.3, -0.25) is 0 Å². The maximum atomic E-state index is 11.3. The molecule has 0 heterocycles. The van der Waals surface area contributed by atoms with Crippen LogP contribution in [0.5, 0.6) is 0 Å². The van der Waals surface area contributed by atoms with Gasteiger partial charge in [-0.05, 0) is 20.8 Å². The van der Waals surface area contributed by atoms with E-state index < -0.39 is 13.7 Å². The standard InChI is InChI=1S/C13H24O3Si/c1-13(2,3)16-12(14)11-15-9-7-8-10-17(4,5)6/h7,9,11H2,1-6H3. The molecule has 3 nitrogen and oxygen atoms in total. The van der Waals surface area contributed by atoms with Crippen LogP contribution in [-0.4, -0.2) is 32.9 Å². The predicted molar refractivity (Wildman–Crippen MR) is 72.4 cm³/mol. The summed E-state index contributed by atoms with van der Waals surface area (Å²) in [5.74, 6) is 2.76. The largest absolute Gasteiger partial charge is 0.458 e.